The average molecular weight is 414 g/mol. The monoisotopic (exact) mass is 413 g/mol. The molecule has 0 fully saturated rings. The van der Waals surface area contributed by atoms with Crippen LogP contribution in [-0.4, -0.2) is 39.3 Å². The largest absolute Gasteiger partial charge is 0.454 e. The third kappa shape index (κ3) is 5.76. The van der Waals surface area contributed by atoms with Gasteiger partial charge in [-0.25, -0.2) is 13.2 Å². The smallest absolute Gasteiger partial charge is 0.340 e. The zero-order chi connectivity index (χ0) is 19.3. The van der Waals surface area contributed by atoms with Crippen molar-refractivity contribution in [3.8, 4) is 0 Å². The van der Waals surface area contributed by atoms with E-state index in [0.29, 0.717) is 11.3 Å². The summed E-state index contributed by atoms with van der Waals surface area (Å²) in [7, 11) is -3.39. The highest BCUT2D eigenvalue weighted by molar-refractivity contribution is 7.98. The number of carbonyl (C=O) groups is 2. The second kappa shape index (κ2) is 8.57. The summed E-state index contributed by atoms with van der Waals surface area (Å²) in [5.41, 5.74) is 0.821. The van der Waals surface area contributed by atoms with Gasteiger partial charge in [-0.05, 0) is 48.7 Å². The number of carbonyl (C=O) groups excluding carboxylic acids is 2. The van der Waals surface area contributed by atoms with Gasteiger partial charge in [0.15, 0.2) is 12.4 Å². The molecule has 1 N–H and O–H groups in total. The second-order valence-corrected chi connectivity index (χ2v) is 8.33. The van der Waals surface area contributed by atoms with Crippen molar-refractivity contribution in [3.05, 3.63) is 58.6 Å². The van der Waals surface area contributed by atoms with Crippen molar-refractivity contribution in [2.45, 2.75) is 4.90 Å². The lowest BCUT2D eigenvalue weighted by Gasteiger charge is -2.08. The van der Waals surface area contributed by atoms with Crippen molar-refractivity contribution in [1.29, 1.82) is 0 Å². The molecule has 0 heterocycles. The van der Waals surface area contributed by atoms with E-state index in [0.717, 1.165) is 11.2 Å². The quantitative estimate of drug-likeness (QED) is 0.424. The molecule has 138 valence electrons. The molecular formula is C17H16ClNO5S2. The van der Waals surface area contributed by atoms with Crippen LogP contribution in [0.4, 0.5) is 5.69 Å². The molecule has 9 heteroatoms. The zero-order valence-electron chi connectivity index (χ0n) is 14.0. The van der Waals surface area contributed by atoms with Gasteiger partial charge in [-0.3, -0.25) is 9.52 Å². The summed E-state index contributed by atoms with van der Waals surface area (Å²) in [6, 6.07) is 10.8. The molecule has 2 aromatic rings. The molecule has 0 unspecified atom stereocenters. The molecule has 0 amide bonds. The normalized spacial score (nSPS) is 11.0. The third-order valence-electron chi connectivity index (χ3n) is 3.24. The summed E-state index contributed by atoms with van der Waals surface area (Å²) >= 11 is 7.45. The fourth-order valence-electron chi connectivity index (χ4n) is 2.02. The van der Waals surface area contributed by atoms with E-state index in [1.807, 2.05) is 6.26 Å². The number of benzene rings is 2. The first kappa shape index (κ1) is 20.3. The maximum absolute atomic E-state index is 12.1. The molecule has 26 heavy (non-hydrogen) atoms. The van der Waals surface area contributed by atoms with Gasteiger partial charge in [0.2, 0.25) is 10.0 Å². The standard InChI is InChI=1S/C17H16ClNO5S2/c1-25-13-7-8-15(18)14(9-13)17(21)24-10-16(20)11-3-5-12(6-4-11)19-26(2,22)23/h3-9,19H,10H2,1-2H3. The first-order valence-electron chi connectivity index (χ1n) is 7.31. The third-order valence-corrected chi connectivity index (χ3v) is 4.90. The van der Waals surface area contributed by atoms with E-state index in [1.54, 1.807) is 18.2 Å². The molecule has 6 nitrogen and oxygen atoms in total. The van der Waals surface area contributed by atoms with Crippen molar-refractivity contribution in [2.24, 2.45) is 0 Å². The molecule has 0 aromatic heterocycles. The number of nitrogens with one attached hydrogen (secondary N) is 1. The number of rotatable bonds is 7. The summed E-state index contributed by atoms with van der Waals surface area (Å²) in [5, 5.41) is 0.247. The number of anilines is 1. The SMILES string of the molecule is CSc1ccc(Cl)c(C(=O)OCC(=O)c2ccc(NS(C)(=O)=O)cc2)c1. The molecule has 0 aliphatic heterocycles. The van der Waals surface area contributed by atoms with Crippen LogP contribution in [0.1, 0.15) is 20.7 Å². The van der Waals surface area contributed by atoms with E-state index in [-0.39, 0.29) is 10.6 Å². The van der Waals surface area contributed by atoms with Gasteiger partial charge in [-0.2, -0.15) is 0 Å². The minimum atomic E-state index is -3.39. The minimum absolute atomic E-state index is 0.194. The van der Waals surface area contributed by atoms with Crippen LogP contribution in [0.15, 0.2) is 47.4 Å². The van der Waals surface area contributed by atoms with Gasteiger partial charge in [0.05, 0.1) is 16.8 Å². The van der Waals surface area contributed by atoms with Crippen molar-refractivity contribution in [1.82, 2.24) is 0 Å². The Morgan fingerprint density at radius 2 is 1.81 bits per heavy atom. The molecular weight excluding hydrogens is 398 g/mol. The van der Waals surface area contributed by atoms with Gasteiger partial charge in [-0.1, -0.05) is 11.6 Å². The molecule has 0 saturated heterocycles. The molecule has 2 aromatic carbocycles. The predicted molar refractivity (Wildman–Crippen MR) is 103 cm³/mol. The molecule has 0 saturated carbocycles. The van der Waals surface area contributed by atoms with Crippen LogP contribution < -0.4 is 4.72 Å². The average Bonchev–Trinajstić information content (AvgIpc) is 2.59. The number of hydrogen-bond donors (Lipinski definition) is 1. The number of halogens is 1. The molecule has 0 radical (unpaired) electrons. The van der Waals surface area contributed by atoms with Crippen molar-refractivity contribution >= 4 is 50.8 Å². The van der Waals surface area contributed by atoms with Gasteiger partial charge in [0.25, 0.3) is 0 Å². The molecule has 0 aliphatic rings. The Hall–Kier alpha value is -2.03. The lowest BCUT2D eigenvalue weighted by atomic mass is 10.1. The lowest BCUT2D eigenvalue weighted by Crippen LogP contribution is -2.15. The van der Waals surface area contributed by atoms with E-state index in [4.69, 9.17) is 16.3 Å². The fraction of sp³-hybridized carbons (Fsp3) is 0.176. The summed E-state index contributed by atoms with van der Waals surface area (Å²) < 4.78 is 29.7. The number of Topliss-reactive ketones (excluding diaryl/α,β-unsaturated/α-hetero) is 1. The Morgan fingerprint density at radius 1 is 1.15 bits per heavy atom. The number of hydrogen-bond acceptors (Lipinski definition) is 6. The Kier molecular flexibility index (Phi) is 6.69. The van der Waals surface area contributed by atoms with Gasteiger partial charge >= 0.3 is 5.97 Å². The Balaban J connectivity index is 2.01. The maximum atomic E-state index is 12.1. The highest BCUT2D eigenvalue weighted by atomic mass is 35.5. The summed E-state index contributed by atoms with van der Waals surface area (Å²) in [5.74, 6) is -1.10. The van der Waals surface area contributed by atoms with E-state index in [9.17, 15) is 18.0 Å². The van der Waals surface area contributed by atoms with E-state index >= 15 is 0 Å². The van der Waals surface area contributed by atoms with Crippen LogP contribution in [0.5, 0.6) is 0 Å². The number of thioether (sulfide) groups is 1. The topological polar surface area (TPSA) is 89.5 Å². The van der Waals surface area contributed by atoms with Gasteiger partial charge in [-0.15, -0.1) is 11.8 Å². The Bertz CT molecular complexity index is 927. The highest BCUT2D eigenvalue weighted by Crippen LogP contribution is 2.23. The van der Waals surface area contributed by atoms with Gasteiger partial charge in [0, 0.05) is 16.1 Å². The maximum Gasteiger partial charge on any atom is 0.340 e. The van der Waals surface area contributed by atoms with Crippen molar-refractivity contribution in [2.75, 3.05) is 23.8 Å². The molecule has 0 atom stereocenters. The highest BCUT2D eigenvalue weighted by Gasteiger charge is 2.15. The van der Waals surface area contributed by atoms with Crippen molar-refractivity contribution in [3.63, 3.8) is 0 Å². The Labute approximate surface area is 160 Å². The van der Waals surface area contributed by atoms with Crippen molar-refractivity contribution < 1.29 is 22.7 Å². The number of esters is 1. The van der Waals surface area contributed by atoms with Crippen LogP contribution in [-0.2, 0) is 14.8 Å². The molecule has 0 spiro atoms. The summed E-state index contributed by atoms with van der Waals surface area (Å²) in [6.45, 7) is -0.447. The van der Waals surface area contributed by atoms with Gasteiger partial charge in [0.1, 0.15) is 0 Å². The molecule has 0 aliphatic carbocycles. The summed E-state index contributed by atoms with van der Waals surface area (Å²) in [6.07, 6.45) is 2.90. The number of ether oxygens (including phenoxy) is 1. The number of ketones is 1. The Morgan fingerprint density at radius 3 is 2.38 bits per heavy atom. The van der Waals surface area contributed by atoms with Gasteiger partial charge < -0.3 is 4.74 Å². The fourth-order valence-corrected chi connectivity index (χ4v) is 3.22. The van der Waals surface area contributed by atoms with E-state index in [2.05, 4.69) is 4.72 Å². The van der Waals surface area contributed by atoms with E-state index in [1.165, 1.54) is 36.0 Å². The first-order valence-corrected chi connectivity index (χ1v) is 10.8. The predicted octanol–water partition coefficient (Wildman–Crippen LogP) is 3.47. The van der Waals surface area contributed by atoms with E-state index < -0.39 is 28.4 Å². The number of sulfonamides is 1. The summed E-state index contributed by atoms with van der Waals surface area (Å²) in [4.78, 5) is 25.1. The van der Waals surface area contributed by atoms with Crippen LogP contribution in [0.25, 0.3) is 0 Å². The second-order valence-electron chi connectivity index (χ2n) is 5.30. The zero-order valence-corrected chi connectivity index (χ0v) is 16.4. The van der Waals surface area contributed by atoms with Crippen LogP contribution in [0.2, 0.25) is 5.02 Å². The van der Waals surface area contributed by atoms with Crippen LogP contribution in [0, 0.1) is 0 Å². The van der Waals surface area contributed by atoms with Crippen LogP contribution >= 0.6 is 23.4 Å². The minimum Gasteiger partial charge on any atom is -0.454 e. The molecule has 0 bridgehead atoms. The lowest BCUT2D eigenvalue weighted by molar-refractivity contribution is 0.0474. The van der Waals surface area contributed by atoms with Crippen LogP contribution in [0.3, 0.4) is 0 Å². The first-order chi connectivity index (χ1) is 12.2. The molecule has 2 rings (SSSR count).